The highest BCUT2D eigenvalue weighted by Gasteiger charge is 2.28. The third kappa shape index (κ3) is 4.37. The second kappa shape index (κ2) is 8.36. The minimum absolute atomic E-state index is 0.150. The molecule has 0 aliphatic heterocycles. The second-order valence-electron chi connectivity index (χ2n) is 7.53. The third-order valence-corrected chi connectivity index (χ3v) is 5.14. The summed E-state index contributed by atoms with van der Waals surface area (Å²) in [7, 11) is 1.54. The summed E-state index contributed by atoms with van der Waals surface area (Å²) in [5.74, 6) is 1.12. The smallest absolute Gasteiger partial charge is 0.478 e. The van der Waals surface area contributed by atoms with Crippen LogP contribution in [-0.4, -0.2) is 49.9 Å². The number of hydrogen-bond donors (Lipinski definition) is 3. The van der Waals surface area contributed by atoms with Crippen molar-refractivity contribution in [2.24, 2.45) is 7.05 Å². The summed E-state index contributed by atoms with van der Waals surface area (Å²) < 4.78 is 6.91. The first-order valence-electron chi connectivity index (χ1n) is 9.83. The van der Waals surface area contributed by atoms with E-state index in [4.69, 9.17) is 10.5 Å². The van der Waals surface area contributed by atoms with Crippen molar-refractivity contribution in [3.8, 4) is 5.88 Å². The van der Waals surface area contributed by atoms with Gasteiger partial charge in [0.05, 0.1) is 25.4 Å². The number of carbonyl (C=O) groups is 1. The van der Waals surface area contributed by atoms with Crippen LogP contribution < -0.4 is 20.8 Å². The Labute approximate surface area is 179 Å². The van der Waals surface area contributed by atoms with Crippen LogP contribution in [0.4, 0.5) is 11.4 Å². The quantitative estimate of drug-likeness (QED) is 0.363. The van der Waals surface area contributed by atoms with Crippen molar-refractivity contribution in [1.29, 1.82) is 0 Å². The van der Waals surface area contributed by atoms with E-state index in [1.54, 1.807) is 42.5 Å². The number of ether oxygens (including phenoxy) is 1. The molecule has 1 amide bonds. The van der Waals surface area contributed by atoms with Crippen molar-refractivity contribution in [2.45, 2.75) is 25.3 Å². The van der Waals surface area contributed by atoms with Gasteiger partial charge in [-0.25, -0.2) is 9.97 Å². The number of benzene rings is 1. The molecule has 1 aliphatic carbocycles. The van der Waals surface area contributed by atoms with Gasteiger partial charge in [-0.3, -0.25) is 14.4 Å². The van der Waals surface area contributed by atoms with Crippen molar-refractivity contribution in [2.75, 3.05) is 17.7 Å². The van der Waals surface area contributed by atoms with E-state index in [1.165, 1.54) is 18.1 Å². The average molecular weight is 422 g/mol. The molecule has 0 radical (unpaired) electrons. The Morgan fingerprint density at radius 3 is 2.61 bits per heavy atom. The average Bonchev–Trinajstić information content (AvgIpc) is 3.53. The highest BCUT2D eigenvalue weighted by atomic mass is 16.5. The molecular formula is C20H23BN6O4. The van der Waals surface area contributed by atoms with Crippen LogP contribution in [0.25, 0.3) is 0 Å². The lowest BCUT2D eigenvalue weighted by molar-refractivity contribution is 0.0983. The number of anilines is 2. The molecule has 0 bridgehead atoms. The van der Waals surface area contributed by atoms with Crippen molar-refractivity contribution in [1.82, 2.24) is 19.7 Å². The van der Waals surface area contributed by atoms with E-state index in [1.807, 2.05) is 0 Å². The van der Waals surface area contributed by atoms with Gasteiger partial charge >= 0.3 is 7.12 Å². The minimum atomic E-state index is -1.67. The van der Waals surface area contributed by atoms with Gasteiger partial charge in [-0.05, 0) is 24.5 Å². The predicted octanol–water partition coefficient (Wildman–Crippen LogP) is 0.205. The summed E-state index contributed by atoms with van der Waals surface area (Å²) in [6, 6.07) is 4.80. The molecule has 11 heteroatoms. The summed E-state index contributed by atoms with van der Waals surface area (Å²) in [6.07, 6.45) is 6.92. The Morgan fingerprint density at radius 1 is 1.32 bits per heavy atom. The molecular weight excluding hydrogens is 399 g/mol. The molecule has 31 heavy (non-hydrogen) atoms. The molecule has 1 aromatic carbocycles. The molecule has 1 saturated carbocycles. The molecule has 3 aromatic rings. The molecule has 2 aromatic heterocycles. The molecule has 10 nitrogen and oxygen atoms in total. The van der Waals surface area contributed by atoms with Crippen molar-refractivity contribution >= 4 is 29.9 Å². The summed E-state index contributed by atoms with van der Waals surface area (Å²) >= 11 is 0. The number of aryl methyl sites for hydroxylation is 1. The fraction of sp³-hybridized carbons (Fsp3) is 0.300. The van der Waals surface area contributed by atoms with E-state index in [0.29, 0.717) is 28.6 Å². The molecule has 0 spiro atoms. The summed E-state index contributed by atoms with van der Waals surface area (Å²) in [6.45, 7) is 0.150. The van der Waals surface area contributed by atoms with Gasteiger partial charge in [-0.1, -0.05) is 12.1 Å². The first-order valence-corrected chi connectivity index (χ1v) is 9.83. The van der Waals surface area contributed by atoms with Gasteiger partial charge in [0, 0.05) is 36.5 Å². The van der Waals surface area contributed by atoms with Crippen LogP contribution in [-0.2, 0) is 13.6 Å². The molecule has 4 N–H and O–H groups in total. The van der Waals surface area contributed by atoms with Gasteiger partial charge in [0.1, 0.15) is 11.5 Å². The van der Waals surface area contributed by atoms with Crippen LogP contribution in [0.15, 0.2) is 36.8 Å². The first-order chi connectivity index (χ1) is 14.9. The number of carbonyl (C=O) groups excluding carboxylic acids is 1. The number of methoxy groups -OCH3 is 1. The van der Waals surface area contributed by atoms with E-state index in [0.717, 1.165) is 18.7 Å². The van der Waals surface area contributed by atoms with Gasteiger partial charge in [-0.15, -0.1) is 5.10 Å². The van der Waals surface area contributed by atoms with Crippen molar-refractivity contribution < 1.29 is 19.6 Å². The standard InChI is InChI=1S/C20H23BN6O4/c1-26-11-17(19(25-26)31-2)27(10-12-3-6-15(21(29)30)16(22)7-12)20(28)14-8-23-18(24-9-14)13-4-5-13/h3,6-9,11,13,29-30H,4-5,10,22H2,1-2H3. The van der Waals surface area contributed by atoms with E-state index in [2.05, 4.69) is 15.1 Å². The number of hydrogen-bond acceptors (Lipinski definition) is 8. The fourth-order valence-electron chi connectivity index (χ4n) is 3.35. The summed E-state index contributed by atoms with van der Waals surface area (Å²) in [5.41, 5.74) is 7.87. The number of aromatic nitrogens is 4. The molecule has 160 valence electrons. The van der Waals surface area contributed by atoms with Gasteiger partial charge in [-0.2, -0.15) is 0 Å². The molecule has 2 heterocycles. The Balaban J connectivity index is 1.69. The van der Waals surface area contributed by atoms with Crippen LogP contribution in [0.2, 0.25) is 0 Å². The van der Waals surface area contributed by atoms with Gasteiger partial charge < -0.3 is 20.5 Å². The van der Waals surface area contributed by atoms with Gasteiger partial charge in [0.2, 0.25) is 0 Å². The van der Waals surface area contributed by atoms with E-state index >= 15 is 0 Å². The van der Waals surface area contributed by atoms with Crippen LogP contribution in [0, 0.1) is 0 Å². The number of nitrogens with two attached hydrogens (primary N) is 1. The number of rotatable bonds is 7. The Bertz CT molecular complexity index is 1100. The molecule has 1 aliphatic rings. The zero-order valence-electron chi connectivity index (χ0n) is 17.3. The lowest BCUT2D eigenvalue weighted by atomic mass is 9.78. The third-order valence-electron chi connectivity index (χ3n) is 5.14. The number of nitrogens with zero attached hydrogens (tertiary/aromatic N) is 5. The SMILES string of the molecule is COc1nn(C)cc1N(Cc1ccc(B(O)O)c(N)c1)C(=O)c1cnc(C2CC2)nc1. The van der Waals surface area contributed by atoms with Crippen LogP contribution in [0.3, 0.4) is 0 Å². The molecule has 0 saturated heterocycles. The molecule has 4 rings (SSSR count). The minimum Gasteiger partial charge on any atom is -0.478 e. The van der Waals surface area contributed by atoms with E-state index < -0.39 is 7.12 Å². The lowest BCUT2D eigenvalue weighted by Crippen LogP contribution is -2.33. The van der Waals surface area contributed by atoms with Crippen molar-refractivity contribution in [3.05, 3.63) is 53.7 Å². The monoisotopic (exact) mass is 422 g/mol. The first kappa shape index (κ1) is 20.8. The largest absolute Gasteiger partial charge is 0.490 e. The summed E-state index contributed by atoms with van der Waals surface area (Å²) in [4.78, 5) is 23.6. The van der Waals surface area contributed by atoms with E-state index in [9.17, 15) is 14.8 Å². The maximum Gasteiger partial charge on any atom is 0.490 e. The van der Waals surface area contributed by atoms with E-state index in [-0.39, 0.29) is 23.6 Å². The molecule has 0 unspecified atom stereocenters. The Kier molecular flexibility index (Phi) is 5.62. The van der Waals surface area contributed by atoms with Crippen molar-refractivity contribution in [3.63, 3.8) is 0 Å². The topological polar surface area (TPSA) is 140 Å². The number of nitrogen functional groups attached to an aromatic ring is 1. The summed E-state index contributed by atoms with van der Waals surface area (Å²) in [5, 5.41) is 23.0. The van der Waals surface area contributed by atoms with Crippen LogP contribution in [0.5, 0.6) is 5.88 Å². The highest BCUT2D eigenvalue weighted by Crippen LogP contribution is 2.37. The lowest BCUT2D eigenvalue weighted by Gasteiger charge is -2.22. The predicted molar refractivity (Wildman–Crippen MR) is 115 cm³/mol. The highest BCUT2D eigenvalue weighted by molar-refractivity contribution is 6.60. The fourth-order valence-corrected chi connectivity index (χ4v) is 3.35. The number of amides is 1. The maximum atomic E-state index is 13.4. The van der Waals surface area contributed by atoms with Crippen LogP contribution in [0.1, 0.15) is 40.5 Å². The zero-order valence-corrected chi connectivity index (χ0v) is 17.3. The Hall–Kier alpha value is -3.44. The Morgan fingerprint density at radius 2 is 2.03 bits per heavy atom. The van der Waals surface area contributed by atoms with Gasteiger partial charge in [0.25, 0.3) is 11.8 Å². The molecule has 1 fully saturated rings. The molecule has 0 atom stereocenters. The van der Waals surface area contributed by atoms with Crippen LogP contribution >= 0.6 is 0 Å². The van der Waals surface area contributed by atoms with Gasteiger partial charge in [0.15, 0.2) is 0 Å². The maximum absolute atomic E-state index is 13.4. The normalized spacial score (nSPS) is 13.2. The zero-order chi connectivity index (χ0) is 22.1. The second-order valence-corrected chi connectivity index (χ2v) is 7.53.